The van der Waals surface area contributed by atoms with Crippen molar-refractivity contribution in [1.82, 2.24) is 9.55 Å². The van der Waals surface area contributed by atoms with E-state index in [0.29, 0.717) is 22.0 Å². The summed E-state index contributed by atoms with van der Waals surface area (Å²) in [6.07, 6.45) is 11.6. The van der Waals surface area contributed by atoms with E-state index in [9.17, 15) is 4.79 Å². The zero-order valence-electron chi connectivity index (χ0n) is 14.6. The molecule has 0 fully saturated rings. The lowest BCUT2D eigenvalue weighted by Crippen LogP contribution is -2.22. The molecule has 0 spiro atoms. The molecule has 1 heterocycles. The molecule has 6 heteroatoms. The van der Waals surface area contributed by atoms with E-state index >= 15 is 0 Å². The Kier molecular flexibility index (Phi) is 7.63. The monoisotopic (exact) mass is 385 g/mol. The second-order valence-corrected chi connectivity index (χ2v) is 6.63. The summed E-state index contributed by atoms with van der Waals surface area (Å²) in [5, 5.41) is 0.622. The molecule has 0 unspecified atom stereocenters. The van der Waals surface area contributed by atoms with Gasteiger partial charge in [0.25, 0.3) is 5.56 Å². The van der Waals surface area contributed by atoms with Gasteiger partial charge in [-0.1, -0.05) is 24.3 Å². The van der Waals surface area contributed by atoms with Gasteiger partial charge in [-0.2, -0.15) is 0 Å². The third kappa shape index (κ3) is 5.31. The van der Waals surface area contributed by atoms with E-state index in [2.05, 4.69) is 23.1 Å². The first-order valence-corrected chi connectivity index (χ1v) is 9.54. The minimum Gasteiger partial charge on any atom is -0.269 e. The molecule has 134 valence electrons. The third-order valence-electron chi connectivity index (χ3n) is 3.51. The minimum absolute atomic E-state index is 0.104. The Labute approximate surface area is 162 Å². The molecule has 0 N–H and O–H groups in total. The van der Waals surface area contributed by atoms with Crippen molar-refractivity contribution in [2.75, 3.05) is 6.26 Å². The molecular weight excluding hydrogens is 366 g/mol. The summed E-state index contributed by atoms with van der Waals surface area (Å²) < 4.78 is 1.52. The van der Waals surface area contributed by atoms with E-state index < -0.39 is 0 Å². The van der Waals surface area contributed by atoms with Crippen molar-refractivity contribution in [1.29, 1.82) is 0 Å². The molecule has 0 radical (unpaired) electrons. The molecule has 26 heavy (non-hydrogen) atoms. The maximum atomic E-state index is 12.7. The van der Waals surface area contributed by atoms with Gasteiger partial charge in [0, 0.05) is 23.9 Å². The van der Waals surface area contributed by atoms with Gasteiger partial charge >= 0.3 is 0 Å². The fourth-order valence-electron chi connectivity index (χ4n) is 2.21. The number of aromatic nitrogens is 2. The fraction of sp³-hybridized carbons (Fsp3) is 0.150. The Bertz CT molecular complexity index is 898. The Morgan fingerprint density at radius 2 is 2.12 bits per heavy atom. The van der Waals surface area contributed by atoms with Gasteiger partial charge in [0.05, 0.1) is 16.3 Å². The fourth-order valence-corrected chi connectivity index (χ4v) is 2.98. The highest BCUT2D eigenvalue weighted by Gasteiger charge is 2.11. The van der Waals surface area contributed by atoms with Gasteiger partial charge < -0.3 is 0 Å². The van der Waals surface area contributed by atoms with E-state index in [4.69, 9.17) is 11.6 Å². The van der Waals surface area contributed by atoms with Crippen molar-refractivity contribution in [2.24, 2.45) is 4.99 Å². The van der Waals surface area contributed by atoms with E-state index in [-0.39, 0.29) is 5.56 Å². The molecule has 2 rings (SSSR count). The predicted octanol–water partition coefficient (Wildman–Crippen LogP) is 4.87. The van der Waals surface area contributed by atoms with Crippen molar-refractivity contribution in [3.8, 4) is 5.69 Å². The molecule has 0 amide bonds. The Morgan fingerprint density at radius 3 is 2.77 bits per heavy atom. The van der Waals surface area contributed by atoms with Gasteiger partial charge in [-0.15, -0.1) is 18.3 Å². The number of nitrogens with zero attached hydrogens (tertiary/aromatic N) is 3. The molecule has 1 aromatic carbocycles. The number of aliphatic imine (C=N–C) groups is 1. The normalized spacial score (nSPS) is 11.3. The van der Waals surface area contributed by atoms with Crippen LogP contribution in [-0.2, 0) is 6.42 Å². The average molecular weight is 386 g/mol. The predicted molar refractivity (Wildman–Crippen MR) is 112 cm³/mol. The number of benzene rings is 1. The lowest BCUT2D eigenvalue weighted by atomic mass is 10.2. The maximum absolute atomic E-state index is 12.7. The summed E-state index contributed by atoms with van der Waals surface area (Å²) in [6.45, 7) is 7.55. The number of hydrogen-bond donors (Lipinski definition) is 0. The van der Waals surface area contributed by atoms with Gasteiger partial charge in [0.2, 0.25) is 0 Å². The standard InChI is InChI=1S/C20H20ClN3OS/c1-4-5-15(2)10-12-22-13-11-18-19(26-3)20(25)24(14-23-18)17-8-6-16(21)7-9-17/h4,6-10,12-14H,1-2,5,11H2,3H3/b12-10-,22-13-. The summed E-state index contributed by atoms with van der Waals surface area (Å²) in [4.78, 5) is 22.0. The van der Waals surface area contributed by atoms with Crippen molar-refractivity contribution in [3.63, 3.8) is 0 Å². The van der Waals surface area contributed by atoms with E-state index in [0.717, 1.165) is 17.7 Å². The van der Waals surface area contributed by atoms with Crippen LogP contribution in [-0.4, -0.2) is 22.0 Å². The smallest absolute Gasteiger partial charge is 0.269 e. The van der Waals surface area contributed by atoms with Crippen LogP contribution in [0.4, 0.5) is 0 Å². The molecule has 0 bridgehead atoms. The van der Waals surface area contributed by atoms with Crippen LogP contribution in [0.2, 0.25) is 5.02 Å². The van der Waals surface area contributed by atoms with E-state index in [1.165, 1.54) is 22.7 Å². The second-order valence-electron chi connectivity index (χ2n) is 5.38. The van der Waals surface area contributed by atoms with Crippen LogP contribution in [0.15, 0.2) is 82.4 Å². The van der Waals surface area contributed by atoms with E-state index in [1.807, 2.05) is 12.3 Å². The molecule has 1 aromatic heterocycles. The van der Waals surface area contributed by atoms with Crippen LogP contribution in [0.25, 0.3) is 5.69 Å². The molecule has 4 nitrogen and oxygen atoms in total. The average Bonchev–Trinajstić information content (AvgIpc) is 2.63. The molecule has 0 aliphatic rings. The van der Waals surface area contributed by atoms with Crippen molar-refractivity contribution < 1.29 is 0 Å². The van der Waals surface area contributed by atoms with Crippen molar-refractivity contribution in [2.45, 2.75) is 17.7 Å². The Hall–Kier alpha value is -2.37. The highest BCUT2D eigenvalue weighted by Crippen LogP contribution is 2.16. The quantitative estimate of drug-likeness (QED) is 0.282. The zero-order chi connectivity index (χ0) is 18.9. The van der Waals surface area contributed by atoms with Gasteiger partial charge in [-0.25, -0.2) is 4.98 Å². The van der Waals surface area contributed by atoms with Gasteiger partial charge in [-0.3, -0.25) is 14.4 Å². The summed E-state index contributed by atoms with van der Waals surface area (Å²) in [7, 11) is 0. The lowest BCUT2D eigenvalue weighted by Gasteiger charge is -2.09. The Balaban J connectivity index is 2.19. The topological polar surface area (TPSA) is 47.2 Å². The van der Waals surface area contributed by atoms with Crippen LogP contribution in [0, 0.1) is 0 Å². The van der Waals surface area contributed by atoms with Crippen LogP contribution in [0.5, 0.6) is 0 Å². The number of rotatable bonds is 8. The number of allylic oxidation sites excluding steroid dienone is 3. The second kappa shape index (κ2) is 9.94. The summed E-state index contributed by atoms with van der Waals surface area (Å²) in [5.74, 6) is 0. The summed E-state index contributed by atoms with van der Waals surface area (Å²) >= 11 is 7.29. The van der Waals surface area contributed by atoms with Crippen molar-refractivity contribution in [3.05, 3.63) is 88.7 Å². The third-order valence-corrected chi connectivity index (χ3v) is 4.58. The molecule has 2 aromatic rings. The van der Waals surface area contributed by atoms with Crippen LogP contribution < -0.4 is 5.56 Å². The van der Waals surface area contributed by atoms with E-state index in [1.54, 1.807) is 42.8 Å². The minimum atomic E-state index is -0.104. The molecule has 0 saturated heterocycles. The molecule has 0 saturated carbocycles. The Morgan fingerprint density at radius 1 is 1.38 bits per heavy atom. The number of halogens is 1. The zero-order valence-corrected chi connectivity index (χ0v) is 16.1. The molecule has 0 aliphatic heterocycles. The number of thioether (sulfide) groups is 1. The summed E-state index contributed by atoms with van der Waals surface area (Å²) in [5.41, 5.74) is 2.26. The SMILES string of the molecule is C=CCC(=C)/C=C\N=C/Cc1ncn(-c2ccc(Cl)cc2)c(=O)c1SC. The van der Waals surface area contributed by atoms with Gasteiger partial charge in [-0.05, 0) is 48.6 Å². The van der Waals surface area contributed by atoms with Gasteiger partial charge in [0.1, 0.15) is 6.33 Å². The summed E-state index contributed by atoms with van der Waals surface area (Å²) in [6, 6.07) is 7.07. The van der Waals surface area contributed by atoms with Crippen molar-refractivity contribution >= 4 is 29.6 Å². The number of hydrogen-bond acceptors (Lipinski definition) is 4. The van der Waals surface area contributed by atoms with Crippen LogP contribution >= 0.6 is 23.4 Å². The van der Waals surface area contributed by atoms with Crippen LogP contribution in [0.3, 0.4) is 0 Å². The first kappa shape index (κ1) is 19.9. The van der Waals surface area contributed by atoms with Gasteiger partial charge in [0.15, 0.2) is 0 Å². The molecular formula is C20H20ClN3OS. The maximum Gasteiger partial charge on any atom is 0.271 e. The first-order valence-electron chi connectivity index (χ1n) is 7.94. The first-order chi connectivity index (χ1) is 12.6. The highest BCUT2D eigenvalue weighted by molar-refractivity contribution is 7.98. The molecule has 0 aliphatic carbocycles. The largest absolute Gasteiger partial charge is 0.271 e. The highest BCUT2D eigenvalue weighted by atomic mass is 35.5. The molecule has 0 atom stereocenters. The lowest BCUT2D eigenvalue weighted by molar-refractivity contribution is 0.857. The van der Waals surface area contributed by atoms with Crippen LogP contribution in [0.1, 0.15) is 12.1 Å².